The second-order valence-corrected chi connectivity index (χ2v) is 6.79. The number of alkyl carbamates (subject to hydrolysis) is 1. The quantitative estimate of drug-likeness (QED) is 0.499. The normalized spacial score (nSPS) is 15.4. The first kappa shape index (κ1) is 22.1. The largest absolute Gasteiger partial charge is 0.472 e. The van der Waals surface area contributed by atoms with Crippen LogP contribution in [0.2, 0.25) is 0 Å². The summed E-state index contributed by atoms with van der Waals surface area (Å²) in [5.74, 6) is 1.01. The predicted octanol–water partition coefficient (Wildman–Crippen LogP) is -0.0506. The van der Waals surface area contributed by atoms with E-state index in [-0.39, 0.29) is 12.6 Å². The van der Waals surface area contributed by atoms with Crippen LogP contribution in [-0.2, 0) is 15.9 Å². The van der Waals surface area contributed by atoms with Crippen molar-refractivity contribution in [1.29, 1.82) is 0 Å². The van der Waals surface area contributed by atoms with Gasteiger partial charge in [-0.1, -0.05) is 13.8 Å². The molecule has 1 saturated heterocycles. The van der Waals surface area contributed by atoms with Gasteiger partial charge in [0.25, 0.3) is 5.88 Å². The van der Waals surface area contributed by atoms with Crippen LogP contribution in [0.3, 0.4) is 0 Å². The number of aliphatic hydroxyl groups excluding tert-OH is 1. The van der Waals surface area contributed by atoms with Crippen LogP contribution in [-0.4, -0.2) is 86.4 Å². The molecule has 0 spiro atoms. The summed E-state index contributed by atoms with van der Waals surface area (Å²) in [4.78, 5) is 22.3. The Morgan fingerprint density at radius 2 is 2.14 bits per heavy atom. The number of methoxy groups -OCH3 is 1. The van der Waals surface area contributed by atoms with Crippen molar-refractivity contribution in [1.82, 2.24) is 20.6 Å². The zero-order valence-corrected chi connectivity index (χ0v) is 16.8. The van der Waals surface area contributed by atoms with Gasteiger partial charge >= 0.3 is 6.09 Å². The Labute approximate surface area is 165 Å². The standard InChI is InChI=1S/C18H31N5O5/c1-13(2)20-11-15(24)12-28-17-16(23-6-8-27-9-7-23)22-14(10-21-17)4-5-19-18(25)26-3/h10,13,15,20,24H,4-9,11-12H2,1-3H3,(H,19,25). The summed E-state index contributed by atoms with van der Waals surface area (Å²) >= 11 is 0. The molecular formula is C18H31N5O5. The fourth-order valence-electron chi connectivity index (χ4n) is 2.58. The van der Waals surface area contributed by atoms with Crippen LogP contribution in [0.1, 0.15) is 19.5 Å². The highest BCUT2D eigenvalue weighted by Gasteiger charge is 2.20. The second kappa shape index (κ2) is 11.6. The van der Waals surface area contributed by atoms with Gasteiger partial charge in [0.15, 0.2) is 5.82 Å². The first-order chi connectivity index (χ1) is 13.5. The highest BCUT2D eigenvalue weighted by Crippen LogP contribution is 2.25. The predicted molar refractivity (Wildman–Crippen MR) is 104 cm³/mol. The number of anilines is 1. The third-order valence-corrected chi connectivity index (χ3v) is 4.09. The van der Waals surface area contributed by atoms with E-state index in [0.717, 1.165) is 5.69 Å². The molecule has 1 aliphatic rings. The molecule has 3 N–H and O–H groups in total. The molecule has 1 aromatic rings. The minimum atomic E-state index is -0.648. The van der Waals surface area contributed by atoms with Crippen LogP contribution < -0.4 is 20.3 Å². The van der Waals surface area contributed by atoms with E-state index in [1.807, 2.05) is 13.8 Å². The lowest BCUT2D eigenvalue weighted by molar-refractivity contribution is 0.101. The number of carbonyl (C=O) groups excluding carboxylic acids is 1. The van der Waals surface area contributed by atoms with Crippen molar-refractivity contribution in [2.45, 2.75) is 32.4 Å². The molecule has 10 nitrogen and oxygen atoms in total. The molecule has 1 atom stereocenters. The van der Waals surface area contributed by atoms with Crippen LogP contribution in [0, 0.1) is 0 Å². The zero-order chi connectivity index (χ0) is 20.4. The van der Waals surface area contributed by atoms with E-state index >= 15 is 0 Å². The highest BCUT2D eigenvalue weighted by molar-refractivity contribution is 5.66. The van der Waals surface area contributed by atoms with Gasteiger partial charge in [-0.05, 0) is 0 Å². The monoisotopic (exact) mass is 397 g/mol. The molecule has 1 amide bonds. The third-order valence-electron chi connectivity index (χ3n) is 4.09. The van der Waals surface area contributed by atoms with E-state index in [9.17, 15) is 9.90 Å². The van der Waals surface area contributed by atoms with Gasteiger partial charge in [0, 0.05) is 38.6 Å². The topological polar surface area (TPSA) is 118 Å². The van der Waals surface area contributed by atoms with Gasteiger partial charge in [-0.2, -0.15) is 0 Å². The number of nitrogens with zero attached hydrogens (tertiary/aromatic N) is 3. The van der Waals surface area contributed by atoms with E-state index in [0.29, 0.717) is 57.5 Å². The Bertz CT molecular complexity index is 610. The lowest BCUT2D eigenvalue weighted by Crippen LogP contribution is -2.38. The summed E-state index contributed by atoms with van der Waals surface area (Å²) in [6.07, 6.45) is 1.01. The van der Waals surface area contributed by atoms with E-state index in [4.69, 9.17) is 9.47 Å². The summed E-state index contributed by atoms with van der Waals surface area (Å²) in [7, 11) is 1.32. The van der Waals surface area contributed by atoms with Crippen LogP contribution in [0.15, 0.2) is 6.20 Å². The van der Waals surface area contributed by atoms with Crippen LogP contribution >= 0.6 is 0 Å². The number of hydrogen-bond acceptors (Lipinski definition) is 9. The number of ether oxygens (including phenoxy) is 3. The Balaban J connectivity index is 2.02. The zero-order valence-electron chi connectivity index (χ0n) is 16.8. The number of carbonyl (C=O) groups is 1. The molecule has 0 aromatic carbocycles. The molecule has 1 unspecified atom stereocenters. The number of hydrogen-bond donors (Lipinski definition) is 3. The van der Waals surface area contributed by atoms with E-state index < -0.39 is 12.2 Å². The fraction of sp³-hybridized carbons (Fsp3) is 0.722. The number of nitrogens with one attached hydrogen (secondary N) is 2. The minimum Gasteiger partial charge on any atom is -0.472 e. The minimum absolute atomic E-state index is 0.120. The summed E-state index contributed by atoms with van der Waals surface area (Å²) in [5, 5.41) is 15.9. The lowest BCUT2D eigenvalue weighted by atomic mass is 10.3. The van der Waals surface area contributed by atoms with Crippen LogP contribution in [0.5, 0.6) is 5.88 Å². The number of aromatic nitrogens is 2. The summed E-state index contributed by atoms with van der Waals surface area (Å²) < 4.78 is 15.7. The van der Waals surface area contributed by atoms with Crippen molar-refractivity contribution in [3.05, 3.63) is 11.9 Å². The van der Waals surface area contributed by atoms with Gasteiger partial charge in [-0.3, -0.25) is 0 Å². The molecule has 2 heterocycles. The Kier molecular flexibility index (Phi) is 9.18. The molecule has 0 aliphatic carbocycles. The Hall–Kier alpha value is -2.17. The van der Waals surface area contributed by atoms with Gasteiger partial charge in [-0.15, -0.1) is 0 Å². The van der Waals surface area contributed by atoms with E-state index in [1.54, 1.807) is 6.20 Å². The summed E-state index contributed by atoms with van der Waals surface area (Å²) in [5.41, 5.74) is 0.729. The molecule has 28 heavy (non-hydrogen) atoms. The van der Waals surface area contributed by atoms with Crippen molar-refractivity contribution in [2.75, 3.05) is 58.0 Å². The maximum Gasteiger partial charge on any atom is 0.406 e. The first-order valence-electron chi connectivity index (χ1n) is 9.54. The maximum atomic E-state index is 11.2. The van der Waals surface area contributed by atoms with E-state index in [1.165, 1.54) is 7.11 Å². The third kappa shape index (κ3) is 7.45. The summed E-state index contributed by atoms with van der Waals surface area (Å²) in [6.45, 7) is 7.58. The molecule has 2 rings (SSSR count). The van der Waals surface area contributed by atoms with Crippen molar-refractivity contribution >= 4 is 11.9 Å². The van der Waals surface area contributed by atoms with Crippen LogP contribution in [0.25, 0.3) is 0 Å². The van der Waals surface area contributed by atoms with Crippen LogP contribution in [0.4, 0.5) is 10.6 Å². The number of rotatable bonds is 10. The molecule has 1 aromatic heterocycles. The Morgan fingerprint density at radius 3 is 2.82 bits per heavy atom. The highest BCUT2D eigenvalue weighted by atomic mass is 16.5. The van der Waals surface area contributed by atoms with Crippen molar-refractivity contribution in [2.24, 2.45) is 0 Å². The SMILES string of the molecule is COC(=O)NCCc1cnc(OCC(O)CNC(C)C)c(N2CCOCC2)n1. The smallest absolute Gasteiger partial charge is 0.406 e. The number of aliphatic hydroxyl groups is 1. The van der Waals surface area contributed by atoms with Crippen molar-refractivity contribution in [3.63, 3.8) is 0 Å². The molecule has 10 heteroatoms. The summed E-state index contributed by atoms with van der Waals surface area (Å²) in [6, 6.07) is 0.288. The van der Waals surface area contributed by atoms with Crippen molar-refractivity contribution in [3.8, 4) is 5.88 Å². The molecular weight excluding hydrogens is 366 g/mol. The number of amides is 1. The van der Waals surface area contributed by atoms with Gasteiger partial charge in [0.2, 0.25) is 0 Å². The van der Waals surface area contributed by atoms with E-state index in [2.05, 4.69) is 30.2 Å². The van der Waals surface area contributed by atoms with Gasteiger partial charge in [0.05, 0.1) is 32.2 Å². The molecule has 0 bridgehead atoms. The molecule has 0 saturated carbocycles. The number of morpholine rings is 1. The molecule has 1 fully saturated rings. The van der Waals surface area contributed by atoms with Gasteiger partial charge in [0.1, 0.15) is 12.7 Å². The fourth-order valence-corrected chi connectivity index (χ4v) is 2.58. The first-order valence-corrected chi connectivity index (χ1v) is 9.54. The molecule has 1 aliphatic heterocycles. The average Bonchev–Trinajstić information content (AvgIpc) is 2.71. The average molecular weight is 397 g/mol. The maximum absolute atomic E-state index is 11.2. The Morgan fingerprint density at radius 1 is 1.39 bits per heavy atom. The second-order valence-electron chi connectivity index (χ2n) is 6.79. The van der Waals surface area contributed by atoms with Gasteiger partial charge in [-0.25, -0.2) is 14.8 Å². The molecule has 0 radical (unpaired) electrons. The van der Waals surface area contributed by atoms with Gasteiger partial charge < -0.3 is 34.9 Å². The lowest BCUT2D eigenvalue weighted by Gasteiger charge is -2.29. The van der Waals surface area contributed by atoms with Crippen molar-refractivity contribution < 1.29 is 24.1 Å². The molecule has 158 valence electrons.